The highest BCUT2D eigenvalue weighted by atomic mass is 16.5. The number of carbonyl (C=O) groups is 2. The minimum Gasteiger partial charge on any atom is -0.481 e. The lowest BCUT2D eigenvalue weighted by molar-refractivity contribution is -0.173. The summed E-state index contributed by atoms with van der Waals surface area (Å²) in [5.41, 5.74) is -0.666. The molecule has 28 heavy (non-hydrogen) atoms. The van der Waals surface area contributed by atoms with Crippen molar-refractivity contribution in [2.75, 3.05) is 26.8 Å². The van der Waals surface area contributed by atoms with Crippen molar-refractivity contribution in [3.63, 3.8) is 0 Å². The highest BCUT2D eigenvalue weighted by molar-refractivity contribution is 5.85. The van der Waals surface area contributed by atoms with E-state index in [1.165, 1.54) is 0 Å². The molecule has 3 rings (SSSR count). The molecule has 2 atom stereocenters. The molecule has 2 aliphatic rings. The van der Waals surface area contributed by atoms with Crippen molar-refractivity contribution >= 4 is 11.9 Å². The Bertz CT molecular complexity index is 687. The van der Waals surface area contributed by atoms with Crippen LogP contribution in [0.1, 0.15) is 44.1 Å². The summed E-state index contributed by atoms with van der Waals surface area (Å²) in [7, 11) is 1.60. The van der Waals surface area contributed by atoms with Gasteiger partial charge in [-0.1, -0.05) is 36.8 Å². The number of amides is 1. The average molecular weight is 389 g/mol. The lowest BCUT2D eigenvalue weighted by Crippen LogP contribution is -2.61. The Morgan fingerprint density at radius 1 is 1.25 bits per heavy atom. The van der Waals surface area contributed by atoms with Gasteiger partial charge in [0.15, 0.2) is 0 Å². The summed E-state index contributed by atoms with van der Waals surface area (Å²) >= 11 is 0. The molecule has 1 aliphatic heterocycles. The molecule has 1 heterocycles. The van der Waals surface area contributed by atoms with Gasteiger partial charge in [0.1, 0.15) is 5.41 Å². The number of rotatable bonds is 8. The highest BCUT2D eigenvalue weighted by Crippen LogP contribution is 2.45. The second-order valence-electron chi connectivity index (χ2n) is 8.40. The van der Waals surface area contributed by atoms with E-state index >= 15 is 0 Å². The molecule has 2 N–H and O–H groups in total. The zero-order valence-corrected chi connectivity index (χ0v) is 16.6. The minimum absolute atomic E-state index is 0.0128. The van der Waals surface area contributed by atoms with Gasteiger partial charge in [0.25, 0.3) is 0 Å². The van der Waals surface area contributed by atoms with E-state index in [-0.39, 0.29) is 12.5 Å². The number of ether oxygens (including phenoxy) is 1. The number of benzene rings is 1. The van der Waals surface area contributed by atoms with Crippen molar-refractivity contribution in [3.05, 3.63) is 35.9 Å². The van der Waals surface area contributed by atoms with Crippen LogP contribution in [0.2, 0.25) is 0 Å². The third-order valence-corrected chi connectivity index (χ3v) is 6.61. The quantitative estimate of drug-likeness (QED) is 0.713. The van der Waals surface area contributed by atoms with Gasteiger partial charge in [0.2, 0.25) is 5.91 Å². The first-order chi connectivity index (χ1) is 13.4. The van der Waals surface area contributed by atoms with E-state index in [0.29, 0.717) is 32.4 Å². The lowest BCUT2D eigenvalue weighted by atomic mass is 9.67. The number of carboxylic acids is 1. The highest BCUT2D eigenvalue weighted by Gasteiger charge is 2.53. The zero-order chi connectivity index (χ0) is 20.2. The molecular weight excluding hydrogens is 358 g/mol. The third-order valence-electron chi connectivity index (χ3n) is 6.61. The van der Waals surface area contributed by atoms with E-state index in [2.05, 4.69) is 0 Å². The van der Waals surface area contributed by atoms with Crippen molar-refractivity contribution in [2.24, 2.45) is 10.8 Å². The van der Waals surface area contributed by atoms with Crippen LogP contribution in [-0.4, -0.2) is 59.9 Å². The maximum Gasteiger partial charge on any atom is 0.314 e. The Morgan fingerprint density at radius 2 is 1.96 bits per heavy atom. The number of hydrogen-bond acceptors (Lipinski definition) is 4. The van der Waals surface area contributed by atoms with Crippen LogP contribution in [0.4, 0.5) is 0 Å². The van der Waals surface area contributed by atoms with Crippen molar-refractivity contribution < 1.29 is 24.5 Å². The van der Waals surface area contributed by atoms with Crippen LogP contribution < -0.4 is 0 Å². The molecule has 0 spiro atoms. The number of aliphatic hydroxyl groups is 1. The van der Waals surface area contributed by atoms with Crippen molar-refractivity contribution in [1.29, 1.82) is 0 Å². The van der Waals surface area contributed by atoms with Gasteiger partial charge in [-0.05, 0) is 44.1 Å². The molecule has 154 valence electrons. The smallest absolute Gasteiger partial charge is 0.314 e. The number of carbonyl (C=O) groups excluding carboxylic acids is 1. The first kappa shape index (κ1) is 20.8. The second kappa shape index (κ2) is 8.62. The van der Waals surface area contributed by atoms with Crippen LogP contribution in [0.25, 0.3) is 0 Å². The fraction of sp³-hybridized carbons (Fsp3) is 0.636. The van der Waals surface area contributed by atoms with Gasteiger partial charge in [0.05, 0.1) is 18.1 Å². The van der Waals surface area contributed by atoms with E-state index in [9.17, 15) is 19.8 Å². The monoisotopic (exact) mass is 389 g/mol. The summed E-state index contributed by atoms with van der Waals surface area (Å²) in [4.78, 5) is 27.1. The number of likely N-dealkylation sites (tertiary alicyclic amines) is 1. The molecule has 1 aliphatic carbocycles. The minimum atomic E-state index is -1.30. The number of methoxy groups -OCH3 is 1. The topological polar surface area (TPSA) is 87.1 Å². The van der Waals surface area contributed by atoms with E-state index in [4.69, 9.17) is 4.74 Å². The number of aliphatic carboxylic acids is 1. The van der Waals surface area contributed by atoms with E-state index in [1.807, 2.05) is 30.3 Å². The molecule has 6 heteroatoms. The summed E-state index contributed by atoms with van der Waals surface area (Å²) in [6.45, 7) is 0.848. The van der Waals surface area contributed by atoms with Crippen LogP contribution in [0, 0.1) is 10.8 Å². The molecule has 1 saturated carbocycles. The largest absolute Gasteiger partial charge is 0.481 e. The van der Waals surface area contributed by atoms with Crippen LogP contribution in [0.15, 0.2) is 30.3 Å². The second-order valence-corrected chi connectivity index (χ2v) is 8.40. The molecule has 0 unspecified atom stereocenters. The van der Waals surface area contributed by atoms with Crippen LogP contribution in [0.3, 0.4) is 0 Å². The number of piperidine rings is 1. The normalized spacial score (nSPS) is 26.5. The fourth-order valence-electron chi connectivity index (χ4n) is 4.70. The number of nitrogens with zero attached hydrogens (tertiary/aromatic N) is 1. The Morgan fingerprint density at radius 3 is 2.54 bits per heavy atom. The maximum atomic E-state index is 13.2. The molecule has 2 fully saturated rings. The van der Waals surface area contributed by atoms with Gasteiger partial charge in [0, 0.05) is 20.2 Å². The van der Waals surface area contributed by atoms with E-state index in [1.54, 1.807) is 12.0 Å². The van der Waals surface area contributed by atoms with Crippen LogP contribution in [0.5, 0.6) is 0 Å². The lowest BCUT2D eigenvalue weighted by Gasteiger charge is -2.48. The standard InChI is InChI=1S/C22H31NO5/c1-28-16-21(11-6-12-21)19(25)23-14-10-18(24)22(15-23,20(26)27)13-5-9-17-7-3-2-4-8-17/h2-4,7-8,18,24H,5-6,9-16H2,1H3,(H,26,27)/t18-,22-/m1/s1. The van der Waals surface area contributed by atoms with Gasteiger partial charge >= 0.3 is 5.97 Å². The molecule has 1 aromatic carbocycles. The summed E-state index contributed by atoms with van der Waals surface area (Å²) in [6, 6.07) is 9.92. The number of carboxylic acid groups (broad SMARTS) is 1. The summed E-state index contributed by atoms with van der Waals surface area (Å²) in [6.07, 6.45) is 3.67. The van der Waals surface area contributed by atoms with Crippen molar-refractivity contribution in [1.82, 2.24) is 4.90 Å². The molecule has 0 bridgehead atoms. The molecular formula is C22H31NO5. The van der Waals surface area contributed by atoms with Crippen molar-refractivity contribution in [2.45, 2.75) is 51.0 Å². The van der Waals surface area contributed by atoms with E-state index < -0.39 is 22.9 Å². The predicted octanol–water partition coefficient (Wildman–Crippen LogP) is 2.49. The van der Waals surface area contributed by atoms with E-state index in [0.717, 1.165) is 31.2 Å². The van der Waals surface area contributed by atoms with Gasteiger partial charge < -0.3 is 19.8 Å². The van der Waals surface area contributed by atoms with Gasteiger partial charge in [-0.3, -0.25) is 9.59 Å². The summed E-state index contributed by atoms with van der Waals surface area (Å²) in [5, 5.41) is 20.6. The first-order valence-corrected chi connectivity index (χ1v) is 10.2. The van der Waals surface area contributed by atoms with Gasteiger partial charge in [-0.25, -0.2) is 0 Å². The number of hydrogen-bond donors (Lipinski definition) is 2. The Kier molecular flexibility index (Phi) is 6.40. The summed E-state index contributed by atoms with van der Waals surface area (Å²) < 4.78 is 5.28. The maximum absolute atomic E-state index is 13.2. The van der Waals surface area contributed by atoms with Gasteiger partial charge in [-0.2, -0.15) is 0 Å². The summed E-state index contributed by atoms with van der Waals surface area (Å²) in [5.74, 6) is -1.03. The van der Waals surface area contributed by atoms with Gasteiger partial charge in [-0.15, -0.1) is 0 Å². The SMILES string of the molecule is COCC1(C(=O)N2CC[C@@H](O)[C@](CCCc3ccccc3)(C(=O)O)C2)CCC1. The third kappa shape index (κ3) is 3.94. The molecule has 1 saturated heterocycles. The first-order valence-electron chi connectivity index (χ1n) is 10.2. The molecule has 0 radical (unpaired) electrons. The molecule has 1 aromatic rings. The van der Waals surface area contributed by atoms with Crippen molar-refractivity contribution in [3.8, 4) is 0 Å². The van der Waals surface area contributed by atoms with Crippen LogP contribution >= 0.6 is 0 Å². The molecule has 1 amide bonds. The Balaban J connectivity index is 1.71. The fourth-order valence-corrected chi connectivity index (χ4v) is 4.70. The number of aliphatic hydroxyl groups excluding tert-OH is 1. The van der Waals surface area contributed by atoms with Crippen LogP contribution in [-0.2, 0) is 20.7 Å². The Labute approximate surface area is 166 Å². The molecule has 6 nitrogen and oxygen atoms in total. The zero-order valence-electron chi connectivity index (χ0n) is 16.6. The predicted molar refractivity (Wildman–Crippen MR) is 105 cm³/mol. The molecule has 0 aromatic heterocycles. The Hall–Kier alpha value is -1.92. The average Bonchev–Trinajstić information content (AvgIpc) is 2.66. The number of aryl methyl sites for hydroxylation is 1.